The molecule has 6 nitrogen and oxygen atoms in total. The van der Waals surface area contributed by atoms with Crippen LogP contribution in [0.5, 0.6) is 5.75 Å². The molecule has 0 bridgehead atoms. The molecule has 1 aromatic carbocycles. The van der Waals surface area contributed by atoms with E-state index in [0.717, 1.165) is 63.6 Å². The molecular weight excluding hydrogens is 396 g/mol. The molecular formula is C23H26N4O2S. The van der Waals surface area contributed by atoms with E-state index in [2.05, 4.69) is 33.8 Å². The average molecular weight is 423 g/mol. The summed E-state index contributed by atoms with van der Waals surface area (Å²) in [6, 6.07) is 14.0. The number of imidazole rings is 1. The molecule has 156 valence electrons. The van der Waals surface area contributed by atoms with Crippen LogP contribution in [0, 0.1) is 13.8 Å². The Morgan fingerprint density at radius 2 is 2.00 bits per heavy atom. The number of aromatic amines is 1. The Balaban J connectivity index is 1.31. The van der Waals surface area contributed by atoms with Crippen molar-refractivity contribution in [3.63, 3.8) is 0 Å². The van der Waals surface area contributed by atoms with Gasteiger partial charge in [-0.05, 0) is 51.2 Å². The maximum atomic E-state index is 6.05. The highest BCUT2D eigenvalue weighted by Gasteiger charge is 2.10. The van der Waals surface area contributed by atoms with Crippen LogP contribution in [0.2, 0.25) is 0 Å². The monoisotopic (exact) mass is 422 g/mol. The summed E-state index contributed by atoms with van der Waals surface area (Å²) in [5.74, 6) is 3.53. The number of hydrogen-bond acceptors (Lipinski definition) is 6. The van der Waals surface area contributed by atoms with Crippen LogP contribution in [-0.4, -0.2) is 40.1 Å². The maximum absolute atomic E-state index is 6.05. The van der Waals surface area contributed by atoms with Gasteiger partial charge in [-0.3, -0.25) is 9.88 Å². The number of likely N-dealkylation sites (N-methyl/N-ethyl adjacent to an activating group) is 1. The first-order valence-corrected chi connectivity index (χ1v) is 11.0. The van der Waals surface area contributed by atoms with Crippen LogP contribution < -0.4 is 4.74 Å². The number of nitrogens with zero attached hydrogens (tertiary/aromatic N) is 3. The summed E-state index contributed by atoms with van der Waals surface area (Å²) in [5, 5.41) is 0.901. The summed E-state index contributed by atoms with van der Waals surface area (Å²) in [6.45, 7) is 6.21. The van der Waals surface area contributed by atoms with Gasteiger partial charge in [-0.15, -0.1) is 0 Å². The fourth-order valence-electron chi connectivity index (χ4n) is 3.22. The van der Waals surface area contributed by atoms with Crippen LogP contribution in [-0.2, 0) is 12.3 Å². The van der Waals surface area contributed by atoms with Crippen LogP contribution >= 0.6 is 11.8 Å². The second-order valence-electron chi connectivity index (χ2n) is 7.33. The molecule has 0 saturated heterocycles. The Hall–Kier alpha value is -2.77. The number of aromatic nitrogens is 3. The van der Waals surface area contributed by atoms with Crippen molar-refractivity contribution in [2.75, 3.05) is 20.2 Å². The largest absolute Gasteiger partial charge is 0.492 e. The third-order valence-corrected chi connectivity index (χ3v) is 5.81. The number of thioether (sulfide) groups is 1. The molecule has 0 aliphatic carbocycles. The van der Waals surface area contributed by atoms with Crippen LogP contribution in [0.15, 0.2) is 58.2 Å². The fraction of sp³-hybridized carbons (Fsp3) is 0.304. The van der Waals surface area contributed by atoms with Gasteiger partial charge in [0.05, 0.1) is 23.3 Å². The SMILES string of the molecule is Cc1ccc(CN(C)CCOc2ccnc(CSc3nc4ccccc4[nH]3)c2C)o1. The minimum absolute atomic E-state index is 0.608. The number of rotatable bonds is 9. The minimum atomic E-state index is 0.608. The lowest BCUT2D eigenvalue weighted by Gasteiger charge is -2.17. The molecule has 3 heterocycles. The molecule has 30 heavy (non-hydrogen) atoms. The first-order chi connectivity index (χ1) is 14.6. The lowest BCUT2D eigenvalue weighted by atomic mass is 10.2. The summed E-state index contributed by atoms with van der Waals surface area (Å²) in [4.78, 5) is 14.7. The summed E-state index contributed by atoms with van der Waals surface area (Å²) < 4.78 is 11.7. The fourth-order valence-corrected chi connectivity index (χ4v) is 4.13. The van der Waals surface area contributed by atoms with Gasteiger partial charge >= 0.3 is 0 Å². The number of aryl methyl sites for hydroxylation is 1. The first-order valence-electron chi connectivity index (χ1n) is 9.97. The van der Waals surface area contributed by atoms with Crippen molar-refractivity contribution in [2.24, 2.45) is 0 Å². The van der Waals surface area contributed by atoms with E-state index < -0.39 is 0 Å². The van der Waals surface area contributed by atoms with Gasteiger partial charge in [0.1, 0.15) is 23.9 Å². The summed E-state index contributed by atoms with van der Waals surface area (Å²) in [7, 11) is 2.07. The zero-order valence-corrected chi connectivity index (χ0v) is 18.3. The Morgan fingerprint density at radius 1 is 1.13 bits per heavy atom. The van der Waals surface area contributed by atoms with Gasteiger partial charge in [-0.1, -0.05) is 23.9 Å². The highest BCUT2D eigenvalue weighted by Crippen LogP contribution is 2.27. The molecule has 4 rings (SSSR count). The topological polar surface area (TPSA) is 67.2 Å². The molecule has 0 aliphatic heterocycles. The number of furan rings is 1. The zero-order chi connectivity index (χ0) is 20.9. The number of hydrogen-bond donors (Lipinski definition) is 1. The summed E-state index contributed by atoms with van der Waals surface area (Å²) in [6.07, 6.45) is 1.81. The van der Waals surface area contributed by atoms with Gasteiger partial charge in [0.25, 0.3) is 0 Å². The molecule has 0 atom stereocenters. The van der Waals surface area contributed by atoms with E-state index in [0.29, 0.717) is 6.61 Å². The van der Waals surface area contributed by atoms with Crippen molar-refractivity contribution in [1.82, 2.24) is 19.9 Å². The van der Waals surface area contributed by atoms with Crippen LogP contribution in [0.25, 0.3) is 11.0 Å². The van der Waals surface area contributed by atoms with Gasteiger partial charge in [-0.2, -0.15) is 0 Å². The zero-order valence-electron chi connectivity index (χ0n) is 17.5. The van der Waals surface area contributed by atoms with Gasteiger partial charge in [-0.25, -0.2) is 4.98 Å². The quantitative estimate of drug-likeness (QED) is 0.384. The molecule has 7 heteroatoms. The van der Waals surface area contributed by atoms with E-state index in [4.69, 9.17) is 9.15 Å². The highest BCUT2D eigenvalue weighted by molar-refractivity contribution is 7.98. The van der Waals surface area contributed by atoms with E-state index in [1.165, 1.54) is 0 Å². The summed E-state index contributed by atoms with van der Waals surface area (Å²) >= 11 is 1.65. The van der Waals surface area contributed by atoms with E-state index in [9.17, 15) is 0 Å². The Morgan fingerprint density at radius 3 is 2.80 bits per heavy atom. The van der Waals surface area contributed by atoms with Gasteiger partial charge < -0.3 is 14.1 Å². The lowest BCUT2D eigenvalue weighted by Crippen LogP contribution is -2.23. The maximum Gasteiger partial charge on any atom is 0.166 e. The van der Waals surface area contributed by atoms with E-state index >= 15 is 0 Å². The molecule has 4 aromatic rings. The highest BCUT2D eigenvalue weighted by atomic mass is 32.2. The Bertz CT molecular complexity index is 1090. The number of nitrogens with one attached hydrogen (secondary N) is 1. The molecule has 0 aliphatic rings. The molecule has 0 fully saturated rings. The number of ether oxygens (including phenoxy) is 1. The minimum Gasteiger partial charge on any atom is -0.492 e. The normalized spacial score (nSPS) is 11.5. The molecule has 0 spiro atoms. The second-order valence-corrected chi connectivity index (χ2v) is 8.29. The van der Waals surface area contributed by atoms with Crippen molar-refractivity contribution < 1.29 is 9.15 Å². The van der Waals surface area contributed by atoms with Gasteiger partial charge in [0.2, 0.25) is 0 Å². The van der Waals surface area contributed by atoms with Crippen molar-refractivity contribution in [3.05, 3.63) is 71.4 Å². The van der Waals surface area contributed by atoms with Crippen LogP contribution in [0.3, 0.4) is 0 Å². The van der Waals surface area contributed by atoms with Crippen molar-refractivity contribution in [3.8, 4) is 5.75 Å². The van der Waals surface area contributed by atoms with E-state index in [-0.39, 0.29) is 0 Å². The Labute approximate surface area is 180 Å². The summed E-state index contributed by atoms with van der Waals surface area (Å²) in [5.41, 5.74) is 4.12. The number of H-pyrrole nitrogens is 1. The Kier molecular flexibility index (Phi) is 6.40. The molecule has 0 unspecified atom stereocenters. The lowest BCUT2D eigenvalue weighted by molar-refractivity contribution is 0.220. The van der Waals surface area contributed by atoms with Crippen LogP contribution in [0.1, 0.15) is 22.8 Å². The predicted molar refractivity (Wildman–Crippen MR) is 120 cm³/mol. The van der Waals surface area contributed by atoms with Gasteiger partial charge in [0.15, 0.2) is 5.16 Å². The number of benzene rings is 1. The molecule has 0 radical (unpaired) electrons. The second kappa shape index (κ2) is 9.36. The molecule has 1 N–H and O–H groups in total. The van der Waals surface area contributed by atoms with Gasteiger partial charge in [0, 0.05) is 24.1 Å². The molecule has 3 aromatic heterocycles. The van der Waals surface area contributed by atoms with Crippen molar-refractivity contribution in [1.29, 1.82) is 0 Å². The first kappa shape index (κ1) is 20.5. The molecule has 0 amide bonds. The third-order valence-electron chi connectivity index (χ3n) is 4.92. The standard InChI is InChI=1S/C23H26N4O2S/c1-16-8-9-18(29-16)14-27(3)12-13-28-22-10-11-24-21(17(22)2)15-30-23-25-19-6-4-5-7-20(19)26-23/h4-11H,12-15H2,1-3H3,(H,25,26). The van der Waals surface area contributed by atoms with Crippen molar-refractivity contribution in [2.45, 2.75) is 31.3 Å². The molecule has 0 saturated carbocycles. The number of fused-ring (bicyclic) bond motifs is 1. The van der Waals surface area contributed by atoms with Crippen LogP contribution in [0.4, 0.5) is 0 Å². The smallest absolute Gasteiger partial charge is 0.166 e. The number of pyridine rings is 1. The number of para-hydroxylation sites is 2. The average Bonchev–Trinajstić information content (AvgIpc) is 3.33. The van der Waals surface area contributed by atoms with E-state index in [1.807, 2.05) is 55.6 Å². The predicted octanol–water partition coefficient (Wildman–Crippen LogP) is 4.97. The van der Waals surface area contributed by atoms with E-state index in [1.54, 1.807) is 11.8 Å². The third kappa shape index (κ3) is 5.04. The van der Waals surface area contributed by atoms with Crippen molar-refractivity contribution >= 4 is 22.8 Å².